The molecule has 0 radical (unpaired) electrons. The molecule has 3 aromatic rings. The molecule has 0 fully saturated rings. The van der Waals surface area contributed by atoms with Crippen molar-refractivity contribution in [1.29, 1.82) is 0 Å². The number of aromatic nitrogens is 1. The van der Waals surface area contributed by atoms with Crippen LogP contribution < -0.4 is 4.90 Å². The van der Waals surface area contributed by atoms with Crippen LogP contribution in [0.4, 0.5) is 17.1 Å². The molecule has 1 heterocycles. The number of hydrogen-bond acceptors (Lipinski definition) is 4. The fourth-order valence-electron chi connectivity index (χ4n) is 2.20. The minimum atomic E-state index is 0.826. The van der Waals surface area contributed by atoms with Crippen LogP contribution in [0.3, 0.4) is 0 Å². The SMILES string of the molecule is CN(C)c1ccc(N=Nc2ccccc2)c2cccnc12. The van der Waals surface area contributed by atoms with Gasteiger partial charge in [0, 0.05) is 25.7 Å². The molecular weight excluding hydrogens is 260 g/mol. The molecule has 0 aliphatic rings. The quantitative estimate of drug-likeness (QED) is 0.650. The van der Waals surface area contributed by atoms with E-state index in [4.69, 9.17) is 0 Å². The van der Waals surface area contributed by atoms with Gasteiger partial charge in [0.25, 0.3) is 0 Å². The van der Waals surface area contributed by atoms with Gasteiger partial charge in [-0.25, -0.2) is 0 Å². The number of fused-ring (bicyclic) bond motifs is 1. The van der Waals surface area contributed by atoms with Crippen molar-refractivity contribution in [3.63, 3.8) is 0 Å². The zero-order chi connectivity index (χ0) is 14.7. The maximum Gasteiger partial charge on any atom is 0.0957 e. The van der Waals surface area contributed by atoms with Gasteiger partial charge in [0.05, 0.1) is 22.6 Å². The van der Waals surface area contributed by atoms with Crippen LogP contribution in [0.2, 0.25) is 0 Å². The highest BCUT2D eigenvalue weighted by atomic mass is 15.1. The molecule has 0 aliphatic heterocycles. The Labute approximate surface area is 123 Å². The Hall–Kier alpha value is -2.75. The summed E-state index contributed by atoms with van der Waals surface area (Å²) in [4.78, 5) is 6.52. The number of pyridine rings is 1. The summed E-state index contributed by atoms with van der Waals surface area (Å²) in [5.41, 5.74) is 3.68. The molecule has 0 saturated heterocycles. The first kappa shape index (κ1) is 13.2. The average molecular weight is 276 g/mol. The lowest BCUT2D eigenvalue weighted by Crippen LogP contribution is -2.09. The van der Waals surface area contributed by atoms with Gasteiger partial charge in [-0.2, -0.15) is 5.11 Å². The van der Waals surface area contributed by atoms with Crippen LogP contribution in [0.1, 0.15) is 0 Å². The lowest BCUT2D eigenvalue weighted by molar-refractivity contribution is 1.13. The second-order valence-electron chi connectivity index (χ2n) is 4.93. The Kier molecular flexibility index (Phi) is 3.60. The van der Waals surface area contributed by atoms with Crippen LogP contribution in [0.5, 0.6) is 0 Å². The fourth-order valence-corrected chi connectivity index (χ4v) is 2.20. The van der Waals surface area contributed by atoms with E-state index < -0.39 is 0 Å². The third-order valence-electron chi connectivity index (χ3n) is 3.24. The zero-order valence-electron chi connectivity index (χ0n) is 12.1. The molecule has 0 amide bonds. The molecule has 2 aromatic carbocycles. The van der Waals surface area contributed by atoms with Crippen LogP contribution in [-0.2, 0) is 0 Å². The van der Waals surface area contributed by atoms with Gasteiger partial charge in [-0.3, -0.25) is 4.98 Å². The van der Waals surface area contributed by atoms with Gasteiger partial charge in [-0.15, -0.1) is 5.11 Å². The van der Waals surface area contributed by atoms with E-state index in [9.17, 15) is 0 Å². The van der Waals surface area contributed by atoms with Crippen molar-refractivity contribution in [2.45, 2.75) is 0 Å². The Balaban J connectivity index is 2.08. The molecule has 0 bridgehead atoms. The summed E-state index contributed by atoms with van der Waals surface area (Å²) in [6, 6.07) is 17.7. The Morgan fingerprint density at radius 1 is 0.857 bits per heavy atom. The van der Waals surface area contributed by atoms with Crippen LogP contribution in [0.25, 0.3) is 10.9 Å². The molecular formula is C17H16N4. The standard InChI is InChI=1S/C17H16N4/c1-21(2)16-11-10-15(14-9-6-12-18-17(14)16)20-19-13-7-4-3-5-8-13/h3-12H,1-2H3. The maximum atomic E-state index is 4.47. The highest BCUT2D eigenvalue weighted by molar-refractivity contribution is 5.98. The van der Waals surface area contributed by atoms with E-state index in [0.29, 0.717) is 0 Å². The van der Waals surface area contributed by atoms with E-state index in [0.717, 1.165) is 28.0 Å². The molecule has 4 heteroatoms. The Bertz CT molecular complexity index is 779. The summed E-state index contributed by atoms with van der Waals surface area (Å²) < 4.78 is 0. The van der Waals surface area contributed by atoms with Crippen molar-refractivity contribution in [2.24, 2.45) is 10.2 Å². The first-order chi connectivity index (χ1) is 10.3. The van der Waals surface area contributed by atoms with Gasteiger partial charge in [-0.05, 0) is 36.4 Å². The molecule has 0 N–H and O–H groups in total. The third-order valence-corrected chi connectivity index (χ3v) is 3.24. The smallest absolute Gasteiger partial charge is 0.0957 e. The normalized spacial score (nSPS) is 11.1. The van der Waals surface area contributed by atoms with E-state index in [1.165, 1.54) is 0 Å². The lowest BCUT2D eigenvalue weighted by Gasteiger charge is -2.15. The minimum absolute atomic E-state index is 0.826. The molecule has 0 aliphatic carbocycles. The molecule has 0 saturated carbocycles. The van der Waals surface area contributed by atoms with Crippen LogP contribution in [0.15, 0.2) is 71.0 Å². The first-order valence-corrected chi connectivity index (χ1v) is 6.77. The predicted molar refractivity (Wildman–Crippen MR) is 86.7 cm³/mol. The predicted octanol–water partition coefficient (Wildman–Crippen LogP) is 4.72. The maximum absolute atomic E-state index is 4.47. The molecule has 104 valence electrons. The molecule has 1 aromatic heterocycles. The monoisotopic (exact) mass is 276 g/mol. The first-order valence-electron chi connectivity index (χ1n) is 6.77. The van der Waals surface area contributed by atoms with E-state index in [1.54, 1.807) is 6.20 Å². The van der Waals surface area contributed by atoms with Crippen molar-refractivity contribution >= 4 is 28.0 Å². The largest absolute Gasteiger partial charge is 0.376 e. The van der Waals surface area contributed by atoms with Crippen molar-refractivity contribution in [2.75, 3.05) is 19.0 Å². The molecule has 3 rings (SSSR count). The summed E-state index contributed by atoms with van der Waals surface area (Å²) >= 11 is 0. The third kappa shape index (κ3) is 2.74. The molecule has 0 atom stereocenters. The van der Waals surface area contributed by atoms with E-state index >= 15 is 0 Å². The van der Waals surface area contributed by atoms with Crippen molar-refractivity contribution < 1.29 is 0 Å². The molecule has 21 heavy (non-hydrogen) atoms. The van der Waals surface area contributed by atoms with Gasteiger partial charge in [0.15, 0.2) is 0 Å². The highest BCUT2D eigenvalue weighted by Crippen LogP contribution is 2.32. The zero-order valence-corrected chi connectivity index (χ0v) is 12.1. The summed E-state index contributed by atoms with van der Waals surface area (Å²) in [7, 11) is 4.02. The van der Waals surface area contributed by atoms with E-state index in [-0.39, 0.29) is 0 Å². The summed E-state index contributed by atoms with van der Waals surface area (Å²) in [5.74, 6) is 0. The second-order valence-corrected chi connectivity index (χ2v) is 4.93. The number of hydrogen-bond donors (Lipinski definition) is 0. The van der Waals surface area contributed by atoms with Gasteiger partial charge < -0.3 is 4.90 Å². The summed E-state index contributed by atoms with van der Waals surface area (Å²) in [6.45, 7) is 0. The number of rotatable bonds is 3. The topological polar surface area (TPSA) is 40.9 Å². The summed E-state index contributed by atoms with van der Waals surface area (Å²) in [5, 5.41) is 9.66. The molecule has 4 nitrogen and oxygen atoms in total. The number of nitrogens with zero attached hydrogens (tertiary/aromatic N) is 4. The van der Waals surface area contributed by atoms with E-state index in [2.05, 4.69) is 15.2 Å². The Morgan fingerprint density at radius 3 is 2.43 bits per heavy atom. The van der Waals surface area contributed by atoms with E-state index in [1.807, 2.05) is 73.6 Å². The van der Waals surface area contributed by atoms with Gasteiger partial charge in [-0.1, -0.05) is 18.2 Å². The number of anilines is 1. The lowest BCUT2D eigenvalue weighted by atomic mass is 10.1. The van der Waals surface area contributed by atoms with Crippen LogP contribution in [-0.4, -0.2) is 19.1 Å². The second kappa shape index (κ2) is 5.71. The van der Waals surface area contributed by atoms with Gasteiger partial charge in [0.2, 0.25) is 0 Å². The molecule has 0 unspecified atom stereocenters. The number of benzene rings is 2. The van der Waals surface area contributed by atoms with Gasteiger partial charge >= 0.3 is 0 Å². The van der Waals surface area contributed by atoms with Crippen LogP contribution in [0, 0.1) is 0 Å². The van der Waals surface area contributed by atoms with Gasteiger partial charge in [0.1, 0.15) is 0 Å². The minimum Gasteiger partial charge on any atom is -0.376 e. The number of azo groups is 1. The highest BCUT2D eigenvalue weighted by Gasteiger charge is 2.07. The average Bonchev–Trinajstić information content (AvgIpc) is 2.53. The van der Waals surface area contributed by atoms with Crippen molar-refractivity contribution in [3.8, 4) is 0 Å². The van der Waals surface area contributed by atoms with Crippen LogP contribution >= 0.6 is 0 Å². The summed E-state index contributed by atoms with van der Waals surface area (Å²) in [6.07, 6.45) is 1.80. The fraction of sp³-hybridized carbons (Fsp3) is 0.118. The van der Waals surface area contributed by atoms with Crippen molar-refractivity contribution in [3.05, 3.63) is 60.8 Å². The molecule has 0 spiro atoms. The Morgan fingerprint density at radius 2 is 1.67 bits per heavy atom. The van der Waals surface area contributed by atoms with Crippen molar-refractivity contribution in [1.82, 2.24) is 4.98 Å².